The lowest BCUT2D eigenvalue weighted by Gasteiger charge is -2.28. The molecule has 1 aliphatic rings. The molecular formula is C29H30N6O2. The van der Waals surface area contributed by atoms with Gasteiger partial charge in [-0.3, -0.25) is 9.59 Å². The molecule has 8 heteroatoms. The van der Waals surface area contributed by atoms with Gasteiger partial charge < -0.3 is 16.0 Å². The summed E-state index contributed by atoms with van der Waals surface area (Å²) < 4.78 is 0. The van der Waals surface area contributed by atoms with Gasteiger partial charge in [0.05, 0.1) is 18.3 Å². The smallest absolute Gasteiger partial charge is 0.249 e. The third-order valence-corrected chi connectivity index (χ3v) is 6.66. The van der Waals surface area contributed by atoms with Gasteiger partial charge in [-0.15, -0.1) is 0 Å². The molecule has 4 aromatic rings. The number of aromatic amines is 1. The number of para-hydroxylation sites is 1. The molecule has 188 valence electrons. The quantitative estimate of drug-likeness (QED) is 0.377. The summed E-state index contributed by atoms with van der Waals surface area (Å²) in [4.78, 5) is 28.1. The number of aromatic nitrogens is 3. The van der Waals surface area contributed by atoms with Gasteiger partial charge in [-0.25, -0.2) is 0 Å². The zero-order chi connectivity index (χ0) is 26.0. The second kappa shape index (κ2) is 9.99. The van der Waals surface area contributed by atoms with Crippen molar-refractivity contribution in [3.8, 4) is 22.4 Å². The number of nitrogens with two attached hydrogens (primary N) is 1. The molecule has 0 radical (unpaired) electrons. The van der Waals surface area contributed by atoms with Gasteiger partial charge in [0.2, 0.25) is 11.8 Å². The lowest BCUT2D eigenvalue weighted by molar-refractivity contribution is -0.130. The lowest BCUT2D eigenvalue weighted by Crippen LogP contribution is -2.56. The highest BCUT2D eigenvalue weighted by Crippen LogP contribution is 2.32. The molecule has 0 bridgehead atoms. The number of fused-ring (bicyclic) bond motifs is 1. The Hall–Kier alpha value is -4.30. The van der Waals surface area contributed by atoms with E-state index >= 15 is 0 Å². The number of aryl methyl sites for hydroxylation is 1. The van der Waals surface area contributed by atoms with Gasteiger partial charge in [-0.05, 0) is 55.0 Å². The number of benzene rings is 3. The number of hydrogen-bond donors (Lipinski definition) is 3. The number of hydrogen-bond acceptors (Lipinski definition) is 5. The van der Waals surface area contributed by atoms with Crippen LogP contribution in [0.1, 0.15) is 31.4 Å². The molecule has 0 saturated heterocycles. The van der Waals surface area contributed by atoms with E-state index in [9.17, 15) is 9.59 Å². The molecule has 1 atom stereocenters. The maximum absolute atomic E-state index is 13.7. The van der Waals surface area contributed by atoms with E-state index in [4.69, 9.17) is 5.73 Å². The van der Waals surface area contributed by atoms with Crippen molar-refractivity contribution in [2.24, 2.45) is 5.73 Å². The number of anilines is 1. The van der Waals surface area contributed by atoms with E-state index in [-0.39, 0.29) is 11.8 Å². The molecule has 0 fully saturated rings. The Morgan fingerprint density at radius 1 is 1.05 bits per heavy atom. The van der Waals surface area contributed by atoms with Crippen LogP contribution in [0.3, 0.4) is 0 Å². The SMILES string of the molecule is CC(C)(N)C(=O)N[C@@H]1CCc2ccccc2N(Cc2ccc(-c3ccccc3-c3cn[nH]n3)cc2)C1=O. The van der Waals surface area contributed by atoms with Gasteiger partial charge in [0.15, 0.2) is 0 Å². The Labute approximate surface area is 215 Å². The van der Waals surface area contributed by atoms with Crippen LogP contribution >= 0.6 is 0 Å². The van der Waals surface area contributed by atoms with Crippen LogP contribution in [-0.4, -0.2) is 38.8 Å². The summed E-state index contributed by atoms with van der Waals surface area (Å²) in [5.74, 6) is -0.477. The van der Waals surface area contributed by atoms with Crippen molar-refractivity contribution < 1.29 is 9.59 Å². The second-order valence-electron chi connectivity index (χ2n) is 9.94. The normalized spacial score (nSPS) is 15.7. The number of nitrogens with zero attached hydrogens (tertiary/aromatic N) is 3. The fourth-order valence-electron chi connectivity index (χ4n) is 4.62. The summed E-state index contributed by atoms with van der Waals surface area (Å²) in [6.45, 7) is 3.66. The topological polar surface area (TPSA) is 117 Å². The number of amides is 2. The third-order valence-electron chi connectivity index (χ3n) is 6.66. The summed E-state index contributed by atoms with van der Waals surface area (Å²) in [5.41, 5.74) is 11.7. The number of carbonyl (C=O) groups is 2. The molecule has 1 aromatic heterocycles. The van der Waals surface area contributed by atoms with Crippen molar-refractivity contribution in [1.29, 1.82) is 0 Å². The highest BCUT2D eigenvalue weighted by Gasteiger charge is 2.34. The molecule has 1 aliphatic heterocycles. The number of rotatable bonds is 6. The summed E-state index contributed by atoms with van der Waals surface area (Å²) in [6, 6.07) is 23.5. The average molecular weight is 495 g/mol. The Balaban J connectivity index is 1.43. The standard InChI is InChI=1S/C29H30N6O2/c1-29(2,30)28(37)32-24-16-15-21-7-3-6-10-26(21)35(27(24)36)18-19-11-13-20(14-12-19)22-8-4-5-9-23(22)25-17-31-34-33-25/h3-14,17,24H,15-16,18,30H2,1-2H3,(H,32,37)(H,31,33,34)/t24-/m1/s1. The summed E-state index contributed by atoms with van der Waals surface area (Å²) in [5, 5.41) is 13.7. The van der Waals surface area contributed by atoms with Crippen LogP contribution in [0.25, 0.3) is 22.4 Å². The minimum Gasteiger partial charge on any atom is -0.343 e. The number of carbonyl (C=O) groups excluding carboxylic acids is 2. The molecule has 0 aliphatic carbocycles. The predicted molar refractivity (Wildman–Crippen MR) is 143 cm³/mol. The van der Waals surface area contributed by atoms with Crippen LogP contribution in [0, 0.1) is 0 Å². The van der Waals surface area contributed by atoms with Crippen LogP contribution in [0.2, 0.25) is 0 Å². The average Bonchev–Trinajstić information content (AvgIpc) is 3.40. The van der Waals surface area contributed by atoms with Gasteiger partial charge >= 0.3 is 0 Å². The minimum atomic E-state index is -1.07. The Kier molecular flexibility index (Phi) is 6.58. The van der Waals surface area contributed by atoms with Crippen molar-refractivity contribution >= 4 is 17.5 Å². The van der Waals surface area contributed by atoms with E-state index in [2.05, 4.69) is 38.9 Å². The summed E-state index contributed by atoms with van der Waals surface area (Å²) in [7, 11) is 0. The van der Waals surface area contributed by atoms with E-state index in [0.717, 1.165) is 39.2 Å². The minimum absolute atomic E-state index is 0.136. The maximum atomic E-state index is 13.7. The van der Waals surface area contributed by atoms with Gasteiger partial charge in [0.1, 0.15) is 11.7 Å². The van der Waals surface area contributed by atoms with Gasteiger partial charge in [0, 0.05) is 11.3 Å². The molecular weight excluding hydrogens is 464 g/mol. The van der Waals surface area contributed by atoms with Crippen molar-refractivity contribution in [2.45, 2.75) is 44.8 Å². The highest BCUT2D eigenvalue weighted by atomic mass is 16.2. The summed E-state index contributed by atoms with van der Waals surface area (Å²) in [6.07, 6.45) is 2.91. The molecule has 5 rings (SSSR count). The maximum Gasteiger partial charge on any atom is 0.249 e. The first-order chi connectivity index (χ1) is 17.8. The van der Waals surface area contributed by atoms with Crippen LogP contribution in [-0.2, 0) is 22.6 Å². The second-order valence-corrected chi connectivity index (χ2v) is 9.94. The first-order valence-corrected chi connectivity index (χ1v) is 12.3. The first-order valence-electron chi connectivity index (χ1n) is 12.3. The number of H-pyrrole nitrogens is 1. The Morgan fingerprint density at radius 3 is 2.46 bits per heavy atom. The largest absolute Gasteiger partial charge is 0.343 e. The molecule has 2 heterocycles. The number of nitrogens with one attached hydrogen (secondary N) is 2. The van der Waals surface area contributed by atoms with Crippen molar-refractivity contribution in [3.05, 3.63) is 90.1 Å². The van der Waals surface area contributed by atoms with Crippen molar-refractivity contribution in [1.82, 2.24) is 20.7 Å². The van der Waals surface area contributed by atoms with Gasteiger partial charge in [0.25, 0.3) is 0 Å². The van der Waals surface area contributed by atoms with Gasteiger partial charge in [-0.2, -0.15) is 15.4 Å². The highest BCUT2D eigenvalue weighted by molar-refractivity contribution is 6.01. The molecule has 0 saturated carbocycles. The fraction of sp³-hybridized carbons (Fsp3) is 0.241. The van der Waals surface area contributed by atoms with Crippen LogP contribution in [0.15, 0.2) is 79.0 Å². The zero-order valence-electron chi connectivity index (χ0n) is 20.9. The molecule has 0 unspecified atom stereocenters. The van der Waals surface area contributed by atoms with E-state index in [1.54, 1.807) is 24.9 Å². The zero-order valence-corrected chi connectivity index (χ0v) is 20.9. The van der Waals surface area contributed by atoms with E-state index in [1.807, 2.05) is 54.6 Å². The Bertz CT molecular complexity index is 1410. The lowest BCUT2D eigenvalue weighted by atomic mass is 9.97. The van der Waals surface area contributed by atoms with E-state index in [1.165, 1.54) is 0 Å². The first kappa shape index (κ1) is 24.4. The summed E-state index contributed by atoms with van der Waals surface area (Å²) >= 11 is 0. The predicted octanol–water partition coefficient (Wildman–Crippen LogP) is 3.84. The van der Waals surface area contributed by atoms with Crippen LogP contribution < -0.4 is 16.0 Å². The monoisotopic (exact) mass is 494 g/mol. The van der Waals surface area contributed by atoms with Gasteiger partial charge in [-0.1, -0.05) is 66.7 Å². The fourth-order valence-corrected chi connectivity index (χ4v) is 4.62. The molecule has 2 amide bonds. The van der Waals surface area contributed by atoms with E-state index < -0.39 is 11.6 Å². The van der Waals surface area contributed by atoms with Crippen LogP contribution in [0.4, 0.5) is 5.69 Å². The Morgan fingerprint density at radius 2 is 1.76 bits per heavy atom. The molecule has 0 spiro atoms. The molecule has 4 N–H and O–H groups in total. The third kappa shape index (κ3) is 5.15. The van der Waals surface area contributed by atoms with E-state index in [0.29, 0.717) is 19.4 Å². The van der Waals surface area contributed by atoms with Crippen LogP contribution in [0.5, 0.6) is 0 Å². The molecule has 37 heavy (non-hydrogen) atoms. The molecule has 8 nitrogen and oxygen atoms in total. The molecule has 3 aromatic carbocycles. The van der Waals surface area contributed by atoms with Crippen molar-refractivity contribution in [3.63, 3.8) is 0 Å². The van der Waals surface area contributed by atoms with Crippen molar-refractivity contribution in [2.75, 3.05) is 4.90 Å².